The Morgan fingerprint density at radius 2 is 2.13 bits per heavy atom. The SMILES string of the molecule is CC1CC12CCC(=O)Nc1ccccc12. The average Bonchev–Trinajstić information content (AvgIpc) is 2.91. The highest BCUT2D eigenvalue weighted by Crippen LogP contribution is 2.59. The zero-order chi connectivity index (χ0) is 10.5. The lowest BCUT2D eigenvalue weighted by atomic mass is 9.89. The second-order valence-corrected chi connectivity index (χ2v) is 4.86. The van der Waals surface area contributed by atoms with Gasteiger partial charge in [0.1, 0.15) is 0 Å². The van der Waals surface area contributed by atoms with E-state index in [-0.39, 0.29) is 5.91 Å². The van der Waals surface area contributed by atoms with Gasteiger partial charge in [-0.2, -0.15) is 0 Å². The molecular formula is C13H15NO. The third kappa shape index (κ3) is 1.21. The number of carbonyl (C=O) groups is 1. The first-order valence-corrected chi connectivity index (χ1v) is 5.62. The van der Waals surface area contributed by atoms with E-state index < -0.39 is 0 Å². The van der Waals surface area contributed by atoms with Crippen molar-refractivity contribution in [3.8, 4) is 0 Å². The first kappa shape index (κ1) is 8.96. The maximum absolute atomic E-state index is 11.6. The van der Waals surface area contributed by atoms with Gasteiger partial charge in [-0.15, -0.1) is 0 Å². The molecule has 2 aliphatic rings. The molecule has 78 valence electrons. The van der Waals surface area contributed by atoms with Crippen molar-refractivity contribution in [3.05, 3.63) is 29.8 Å². The molecule has 1 N–H and O–H groups in total. The van der Waals surface area contributed by atoms with Crippen LogP contribution in [-0.4, -0.2) is 5.91 Å². The van der Waals surface area contributed by atoms with Crippen LogP contribution in [0.2, 0.25) is 0 Å². The minimum atomic E-state index is 0.165. The maximum atomic E-state index is 11.6. The lowest BCUT2D eigenvalue weighted by Gasteiger charge is -2.16. The molecular weight excluding hydrogens is 186 g/mol. The Hall–Kier alpha value is -1.31. The van der Waals surface area contributed by atoms with Gasteiger partial charge in [-0.05, 0) is 30.4 Å². The van der Waals surface area contributed by atoms with Gasteiger partial charge in [-0.1, -0.05) is 25.1 Å². The van der Waals surface area contributed by atoms with Gasteiger partial charge >= 0.3 is 0 Å². The summed E-state index contributed by atoms with van der Waals surface area (Å²) in [5.41, 5.74) is 2.68. The largest absolute Gasteiger partial charge is 0.326 e. The number of hydrogen-bond acceptors (Lipinski definition) is 1. The molecule has 0 saturated heterocycles. The van der Waals surface area contributed by atoms with Crippen LogP contribution in [-0.2, 0) is 10.2 Å². The lowest BCUT2D eigenvalue weighted by molar-refractivity contribution is -0.116. The Kier molecular flexibility index (Phi) is 1.70. The summed E-state index contributed by atoms with van der Waals surface area (Å²) >= 11 is 0. The van der Waals surface area contributed by atoms with Crippen molar-refractivity contribution < 1.29 is 4.79 Å². The molecule has 2 nitrogen and oxygen atoms in total. The molecule has 0 bridgehead atoms. The van der Waals surface area contributed by atoms with Gasteiger partial charge in [0.05, 0.1) is 0 Å². The number of carbonyl (C=O) groups excluding carboxylic acids is 1. The summed E-state index contributed by atoms with van der Waals surface area (Å²) in [7, 11) is 0. The monoisotopic (exact) mass is 201 g/mol. The second-order valence-electron chi connectivity index (χ2n) is 4.86. The van der Waals surface area contributed by atoms with Crippen LogP contribution in [0, 0.1) is 5.92 Å². The van der Waals surface area contributed by atoms with Crippen molar-refractivity contribution in [2.45, 2.75) is 31.6 Å². The van der Waals surface area contributed by atoms with Crippen LogP contribution in [0.5, 0.6) is 0 Å². The summed E-state index contributed by atoms with van der Waals surface area (Å²) in [4.78, 5) is 11.6. The summed E-state index contributed by atoms with van der Waals surface area (Å²) in [6.07, 6.45) is 2.91. The summed E-state index contributed by atoms with van der Waals surface area (Å²) in [6.45, 7) is 2.28. The quantitative estimate of drug-likeness (QED) is 0.687. The van der Waals surface area contributed by atoms with Gasteiger partial charge in [0, 0.05) is 17.5 Å². The minimum Gasteiger partial charge on any atom is -0.326 e. The molecule has 0 radical (unpaired) electrons. The molecule has 3 rings (SSSR count). The van der Waals surface area contributed by atoms with Crippen molar-refractivity contribution in [1.82, 2.24) is 0 Å². The van der Waals surface area contributed by atoms with E-state index >= 15 is 0 Å². The molecule has 1 aromatic carbocycles. The van der Waals surface area contributed by atoms with Crippen molar-refractivity contribution in [1.29, 1.82) is 0 Å². The summed E-state index contributed by atoms with van der Waals surface area (Å²) in [6, 6.07) is 8.25. The first-order chi connectivity index (χ1) is 7.22. The molecule has 2 atom stereocenters. The number of para-hydroxylation sites is 1. The Morgan fingerprint density at radius 1 is 1.40 bits per heavy atom. The number of amides is 1. The summed E-state index contributed by atoms with van der Waals surface area (Å²) < 4.78 is 0. The van der Waals surface area contributed by atoms with Crippen LogP contribution in [0.3, 0.4) is 0 Å². The predicted molar refractivity (Wildman–Crippen MR) is 59.8 cm³/mol. The number of anilines is 1. The number of hydrogen-bond donors (Lipinski definition) is 1. The molecule has 1 heterocycles. The van der Waals surface area contributed by atoms with Crippen molar-refractivity contribution in [2.75, 3.05) is 5.32 Å². The zero-order valence-corrected chi connectivity index (χ0v) is 8.92. The number of rotatable bonds is 0. The predicted octanol–water partition coefficient (Wildman–Crippen LogP) is 2.70. The highest BCUT2D eigenvalue weighted by molar-refractivity contribution is 5.93. The first-order valence-electron chi connectivity index (χ1n) is 5.62. The van der Waals surface area contributed by atoms with E-state index in [1.807, 2.05) is 12.1 Å². The zero-order valence-electron chi connectivity index (χ0n) is 8.92. The minimum absolute atomic E-state index is 0.165. The maximum Gasteiger partial charge on any atom is 0.224 e. The van der Waals surface area contributed by atoms with Gasteiger partial charge in [0.2, 0.25) is 5.91 Å². The van der Waals surface area contributed by atoms with Crippen LogP contribution in [0.1, 0.15) is 31.7 Å². The Balaban J connectivity index is 2.12. The average molecular weight is 201 g/mol. The molecule has 1 fully saturated rings. The van der Waals surface area contributed by atoms with E-state index in [0.717, 1.165) is 18.0 Å². The summed E-state index contributed by atoms with van der Waals surface area (Å²) in [5.74, 6) is 0.893. The van der Waals surface area contributed by atoms with Crippen molar-refractivity contribution in [2.24, 2.45) is 5.92 Å². The molecule has 1 amide bonds. The molecule has 1 aliphatic carbocycles. The van der Waals surface area contributed by atoms with E-state index in [1.165, 1.54) is 12.0 Å². The van der Waals surface area contributed by atoms with E-state index in [2.05, 4.69) is 24.4 Å². The fraction of sp³-hybridized carbons (Fsp3) is 0.462. The van der Waals surface area contributed by atoms with E-state index in [0.29, 0.717) is 11.8 Å². The highest BCUT2D eigenvalue weighted by Gasteiger charge is 2.53. The van der Waals surface area contributed by atoms with Crippen molar-refractivity contribution in [3.63, 3.8) is 0 Å². The van der Waals surface area contributed by atoms with Crippen molar-refractivity contribution >= 4 is 11.6 Å². The van der Waals surface area contributed by atoms with Gasteiger partial charge in [-0.3, -0.25) is 4.79 Å². The summed E-state index contributed by atoms with van der Waals surface area (Å²) in [5, 5.41) is 3.00. The van der Waals surface area contributed by atoms with E-state index in [1.54, 1.807) is 0 Å². The molecule has 0 aromatic heterocycles. The highest BCUT2D eigenvalue weighted by atomic mass is 16.1. The van der Waals surface area contributed by atoms with Crippen LogP contribution in [0.4, 0.5) is 5.69 Å². The normalized spacial score (nSPS) is 33.1. The van der Waals surface area contributed by atoms with Crippen LogP contribution in [0.15, 0.2) is 24.3 Å². The third-order valence-corrected chi connectivity index (χ3v) is 3.99. The topological polar surface area (TPSA) is 29.1 Å². The molecule has 2 unspecified atom stereocenters. The smallest absolute Gasteiger partial charge is 0.224 e. The van der Waals surface area contributed by atoms with Crippen LogP contribution in [0.25, 0.3) is 0 Å². The van der Waals surface area contributed by atoms with Gasteiger partial charge in [0.25, 0.3) is 0 Å². The molecule has 1 aliphatic heterocycles. The fourth-order valence-corrected chi connectivity index (χ4v) is 2.92. The molecule has 15 heavy (non-hydrogen) atoms. The number of fused-ring (bicyclic) bond motifs is 2. The Labute approximate surface area is 89.7 Å². The Morgan fingerprint density at radius 3 is 2.87 bits per heavy atom. The third-order valence-electron chi connectivity index (χ3n) is 3.99. The standard InChI is InChI=1S/C13H15NO/c1-9-8-13(9)7-6-12(15)14-11-5-3-2-4-10(11)13/h2-5,9H,6-8H2,1H3,(H,14,15). The van der Waals surface area contributed by atoms with Gasteiger partial charge in [0.15, 0.2) is 0 Å². The molecule has 1 saturated carbocycles. The lowest BCUT2D eigenvalue weighted by Crippen LogP contribution is -2.08. The Bertz CT molecular complexity index is 426. The van der Waals surface area contributed by atoms with E-state index in [4.69, 9.17) is 0 Å². The molecule has 2 heteroatoms. The van der Waals surface area contributed by atoms with Crippen LogP contribution >= 0.6 is 0 Å². The number of benzene rings is 1. The fourth-order valence-electron chi connectivity index (χ4n) is 2.92. The van der Waals surface area contributed by atoms with Gasteiger partial charge < -0.3 is 5.32 Å². The van der Waals surface area contributed by atoms with Crippen LogP contribution < -0.4 is 5.32 Å². The number of nitrogens with one attached hydrogen (secondary N) is 1. The molecule has 1 spiro atoms. The second kappa shape index (κ2) is 2.84. The molecule has 1 aromatic rings. The van der Waals surface area contributed by atoms with Gasteiger partial charge in [-0.25, -0.2) is 0 Å². The van der Waals surface area contributed by atoms with E-state index in [9.17, 15) is 4.79 Å².